The zero-order chi connectivity index (χ0) is 10.4. The summed E-state index contributed by atoms with van der Waals surface area (Å²) in [6.07, 6.45) is 0. The van der Waals surface area contributed by atoms with E-state index in [1.54, 1.807) is 0 Å². The topological polar surface area (TPSA) is 0 Å². The molecule has 0 aliphatic rings. The Kier molecular flexibility index (Phi) is 2.10. The molecule has 0 amide bonds. The second-order valence-electron chi connectivity index (χ2n) is 3.33. The van der Waals surface area contributed by atoms with Crippen molar-refractivity contribution in [2.45, 2.75) is 13.8 Å². The van der Waals surface area contributed by atoms with Crippen LogP contribution in [0.25, 0.3) is 18.8 Å². The highest BCUT2D eigenvalue weighted by Gasteiger charge is 2.10. The van der Waals surface area contributed by atoms with Crippen molar-refractivity contribution >= 4 is 52.8 Å². The van der Waals surface area contributed by atoms with E-state index in [1.165, 1.54) is 28.6 Å². The van der Waals surface area contributed by atoms with E-state index < -0.39 is 0 Å². The van der Waals surface area contributed by atoms with Crippen molar-refractivity contribution in [1.29, 1.82) is 0 Å². The predicted molar refractivity (Wildman–Crippen MR) is 72.4 cm³/mol. The Morgan fingerprint density at radius 2 is 1.73 bits per heavy atom. The molecule has 0 spiro atoms. The smallest absolute Gasteiger partial charge is 0.0789 e. The van der Waals surface area contributed by atoms with Gasteiger partial charge in [-0.25, -0.2) is 0 Å². The van der Waals surface area contributed by atoms with Crippen LogP contribution in [-0.4, -0.2) is 0 Å². The molecule has 0 saturated heterocycles. The Balaban J connectivity index is 2.38. The van der Waals surface area contributed by atoms with E-state index in [2.05, 4.69) is 30.9 Å². The minimum atomic E-state index is 1.19. The van der Waals surface area contributed by atoms with Gasteiger partial charge in [0.15, 0.2) is 0 Å². The van der Waals surface area contributed by atoms with Gasteiger partial charge in [0, 0.05) is 14.3 Å². The molecule has 0 atom stereocenters. The summed E-state index contributed by atoms with van der Waals surface area (Å²) in [4.78, 5) is 2.58. The van der Waals surface area contributed by atoms with Crippen LogP contribution >= 0.6 is 34.0 Å². The van der Waals surface area contributed by atoms with E-state index in [-0.39, 0.29) is 0 Å². The predicted octanol–water partition coefficient (Wildman–Crippen LogP) is 4.86. The monoisotopic (exact) mass is 248 g/mol. The summed E-state index contributed by atoms with van der Waals surface area (Å²) in [6.45, 7) is 4.06. The third-order valence-corrected chi connectivity index (χ3v) is 5.80. The molecule has 0 nitrogen and oxygen atoms in total. The van der Waals surface area contributed by atoms with Gasteiger partial charge in [-0.2, -0.15) is 0 Å². The number of thiophene rings is 3. The third-order valence-electron chi connectivity index (χ3n) is 2.19. The molecule has 0 radical (unpaired) electrons. The van der Waals surface area contributed by atoms with Gasteiger partial charge in [-0.3, -0.25) is 0 Å². The summed E-state index contributed by atoms with van der Waals surface area (Å²) in [5.41, 5.74) is 0. The van der Waals surface area contributed by atoms with E-state index in [1.807, 2.05) is 40.9 Å². The second kappa shape index (κ2) is 3.34. The largest absolute Gasteiger partial charge is 0.138 e. The normalized spacial score (nSPS) is 10.8. The first-order valence-electron chi connectivity index (χ1n) is 4.63. The lowest BCUT2D eigenvalue weighted by Gasteiger charge is -1.76. The molecular weight excluding hydrogens is 240 g/mol. The average Bonchev–Trinajstić information content (AvgIpc) is 2.76. The van der Waals surface area contributed by atoms with Crippen molar-refractivity contribution in [1.82, 2.24) is 0 Å². The summed E-state index contributed by atoms with van der Waals surface area (Å²) >= 11 is 5.59. The van der Waals surface area contributed by atoms with Crippen LogP contribution in [0.1, 0.15) is 16.7 Å². The van der Waals surface area contributed by atoms with Gasteiger partial charge in [0.1, 0.15) is 0 Å². The molecular formula is C12H8S3. The van der Waals surface area contributed by atoms with E-state index in [0.29, 0.717) is 0 Å². The molecule has 0 N–H and O–H groups in total. The molecule has 3 heterocycles. The maximum Gasteiger partial charge on any atom is 0.0789 e. The van der Waals surface area contributed by atoms with Gasteiger partial charge in [-0.1, -0.05) is 5.92 Å². The Bertz CT molecular complexity index is 698. The maximum absolute atomic E-state index is 3.13. The zero-order valence-corrected chi connectivity index (χ0v) is 10.8. The third kappa shape index (κ3) is 1.41. The maximum atomic E-state index is 3.13. The molecule has 0 unspecified atom stereocenters. The molecule has 0 saturated carbocycles. The standard InChI is InChI=1S/C12H8S3/c1-3-4-8-6-10-12(14-8)11-9(15-10)5-7(2)13-11/h5-6H,1-2H3. The van der Waals surface area contributed by atoms with E-state index >= 15 is 0 Å². The number of aryl methyl sites for hydroxylation is 1. The molecule has 0 bridgehead atoms. The number of rotatable bonds is 0. The first kappa shape index (κ1) is 9.41. The molecule has 15 heavy (non-hydrogen) atoms. The Hall–Kier alpha value is -0.820. The van der Waals surface area contributed by atoms with Crippen molar-refractivity contribution in [3.8, 4) is 11.8 Å². The summed E-state index contributed by atoms with van der Waals surface area (Å²) in [5, 5.41) is 0. The molecule has 3 rings (SSSR count). The van der Waals surface area contributed by atoms with Crippen molar-refractivity contribution in [3.05, 3.63) is 21.9 Å². The fraction of sp³-hybridized carbons (Fsp3) is 0.167. The Labute approximate surface area is 100 Å². The highest BCUT2D eigenvalue weighted by Crippen LogP contribution is 2.43. The zero-order valence-electron chi connectivity index (χ0n) is 8.38. The molecule has 3 aromatic heterocycles. The van der Waals surface area contributed by atoms with Crippen LogP contribution in [0.5, 0.6) is 0 Å². The molecule has 0 fully saturated rings. The van der Waals surface area contributed by atoms with Crippen LogP contribution in [0.4, 0.5) is 0 Å². The molecule has 0 aliphatic carbocycles. The quantitative estimate of drug-likeness (QED) is 0.498. The van der Waals surface area contributed by atoms with Crippen LogP contribution in [-0.2, 0) is 0 Å². The summed E-state index contributed by atoms with van der Waals surface area (Å²) in [7, 11) is 0. The van der Waals surface area contributed by atoms with E-state index in [4.69, 9.17) is 0 Å². The van der Waals surface area contributed by atoms with Crippen molar-refractivity contribution in [2.75, 3.05) is 0 Å². The molecule has 0 aliphatic heterocycles. The number of hydrogen-bond donors (Lipinski definition) is 0. The minimum Gasteiger partial charge on any atom is -0.138 e. The summed E-state index contributed by atoms with van der Waals surface area (Å²) < 4.78 is 5.68. The van der Waals surface area contributed by atoms with Crippen LogP contribution in [0.3, 0.4) is 0 Å². The van der Waals surface area contributed by atoms with Crippen molar-refractivity contribution in [3.63, 3.8) is 0 Å². The van der Waals surface area contributed by atoms with Crippen molar-refractivity contribution in [2.24, 2.45) is 0 Å². The lowest BCUT2D eigenvalue weighted by molar-refractivity contribution is 1.66. The highest BCUT2D eigenvalue weighted by molar-refractivity contribution is 7.38. The molecule has 3 heteroatoms. The Morgan fingerprint density at radius 3 is 2.53 bits per heavy atom. The lowest BCUT2D eigenvalue weighted by Crippen LogP contribution is -1.55. The first-order valence-corrected chi connectivity index (χ1v) is 7.08. The summed E-state index contributed by atoms with van der Waals surface area (Å²) in [5.74, 6) is 6.09. The Morgan fingerprint density at radius 1 is 1.00 bits per heavy atom. The molecule has 0 aromatic carbocycles. The molecule has 3 aromatic rings. The SMILES string of the molecule is CC#Cc1cc2sc3cc(C)sc3c2s1. The van der Waals surface area contributed by atoms with Crippen LogP contribution in [0.2, 0.25) is 0 Å². The second-order valence-corrected chi connectivity index (χ2v) is 6.72. The van der Waals surface area contributed by atoms with Crippen LogP contribution < -0.4 is 0 Å². The van der Waals surface area contributed by atoms with E-state index in [9.17, 15) is 0 Å². The average molecular weight is 248 g/mol. The highest BCUT2D eigenvalue weighted by atomic mass is 32.1. The fourth-order valence-electron chi connectivity index (χ4n) is 1.64. The fourth-order valence-corrected chi connectivity index (χ4v) is 5.48. The molecule has 74 valence electrons. The van der Waals surface area contributed by atoms with Gasteiger partial charge in [-0.15, -0.1) is 39.9 Å². The van der Waals surface area contributed by atoms with Gasteiger partial charge in [-0.05, 0) is 26.0 Å². The first-order chi connectivity index (χ1) is 7.28. The number of fused-ring (bicyclic) bond motifs is 3. The van der Waals surface area contributed by atoms with Gasteiger partial charge in [0.05, 0.1) is 14.3 Å². The van der Waals surface area contributed by atoms with Crippen LogP contribution in [0.15, 0.2) is 12.1 Å². The van der Waals surface area contributed by atoms with Gasteiger partial charge >= 0.3 is 0 Å². The van der Waals surface area contributed by atoms with E-state index in [0.717, 1.165) is 0 Å². The van der Waals surface area contributed by atoms with Crippen molar-refractivity contribution < 1.29 is 0 Å². The minimum absolute atomic E-state index is 1.19. The summed E-state index contributed by atoms with van der Waals surface area (Å²) in [6, 6.07) is 4.49. The number of hydrogen-bond acceptors (Lipinski definition) is 3. The van der Waals surface area contributed by atoms with Gasteiger partial charge < -0.3 is 0 Å². The van der Waals surface area contributed by atoms with Gasteiger partial charge in [0.25, 0.3) is 0 Å². The van der Waals surface area contributed by atoms with Crippen LogP contribution in [0, 0.1) is 18.8 Å². The lowest BCUT2D eigenvalue weighted by atomic mass is 10.4. The van der Waals surface area contributed by atoms with Gasteiger partial charge in [0.2, 0.25) is 0 Å².